The summed E-state index contributed by atoms with van der Waals surface area (Å²) in [4.78, 5) is 28.6. The molecule has 0 atom stereocenters. The quantitative estimate of drug-likeness (QED) is 0.689. The van der Waals surface area contributed by atoms with Crippen LogP contribution in [0.25, 0.3) is 4.83 Å². The van der Waals surface area contributed by atoms with Crippen LogP contribution < -0.4 is 11.2 Å². The van der Waals surface area contributed by atoms with Gasteiger partial charge in [-0.2, -0.15) is 0 Å². The Balaban J connectivity index is 2.18. The van der Waals surface area contributed by atoms with Crippen molar-refractivity contribution in [2.75, 3.05) is 0 Å². The first kappa shape index (κ1) is 10.9. The Bertz CT molecular complexity index is 801. The Morgan fingerprint density at radius 3 is 2.78 bits per heavy atom. The molecule has 0 N–H and O–H groups in total. The first-order chi connectivity index (χ1) is 8.75. The van der Waals surface area contributed by atoms with Crippen molar-refractivity contribution in [1.82, 2.24) is 14.0 Å². The Morgan fingerprint density at radius 2 is 2.00 bits per heavy atom. The lowest BCUT2D eigenvalue weighted by atomic mass is 10.3. The van der Waals surface area contributed by atoms with E-state index in [1.165, 1.54) is 26.4 Å². The normalized spacial score (nSPS) is 10.9. The van der Waals surface area contributed by atoms with Crippen molar-refractivity contribution in [3.8, 4) is 0 Å². The molecule has 0 unspecified atom stereocenters. The molecule has 0 aliphatic heterocycles. The number of aromatic nitrogens is 3. The van der Waals surface area contributed by atoms with Gasteiger partial charge in [0, 0.05) is 30.0 Å². The first-order valence-electron chi connectivity index (χ1n) is 5.34. The van der Waals surface area contributed by atoms with Crippen molar-refractivity contribution in [3.05, 3.63) is 68.6 Å². The molecule has 0 radical (unpaired) electrons. The van der Waals surface area contributed by atoms with Gasteiger partial charge in [0.05, 0.1) is 6.54 Å². The number of thiazole rings is 1. The van der Waals surface area contributed by atoms with Crippen LogP contribution in [-0.2, 0) is 6.54 Å². The van der Waals surface area contributed by atoms with Gasteiger partial charge in [-0.1, -0.05) is 0 Å². The van der Waals surface area contributed by atoms with Crippen LogP contribution in [0.4, 0.5) is 0 Å². The summed E-state index contributed by atoms with van der Waals surface area (Å²) in [5.41, 5.74) is 0.286. The number of hydrogen-bond acceptors (Lipinski definition) is 4. The molecule has 6 heteroatoms. The predicted octanol–water partition coefficient (Wildman–Crippen LogP) is 0.966. The highest BCUT2D eigenvalue weighted by atomic mass is 32.1. The average Bonchev–Trinajstić information content (AvgIpc) is 2.84. The molecule has 3 heterocycles. The van der Waals surface area contributed by atoms with Gasteiger partial charge in [0.25, 0.3) is 5.56 Å². The second-order valence-corrected chi connectivity index (χ2v) is 4.74. The first-order valence-corrected chi connectivity index (χ1v) is 6.22. The third kappa shape index (κ3) is 1.76. The molecule has 3 aromatic heterocycles. The molecule has 0 amide bonds. The topological polar surface area (TPSA) is 56.4 Å². The lowest BCUT2D eigenvalue weighted by molar-refractivity contribution is 0.689. The van der Waals surface area contributed by atoms with E-state index in [0.29, 0.717) is 4.83 Å². The molecule has 0 saturated heterocycles. The van der Waals surface area contributed by atoms with Crippen LogP contribution in [0.2, 0.25) is 0 Å². The van der Waals surface area contributed by atoms with E-state index in [1.807, 2.05) is 0 Å². The number of pyridine rings is 1. The Kier molecular flexibility index (Phi) is 2.56. The fourth-order valence-corrected chi connectivity index (χ4v) is 2.52. The summed E-state index contributed by atoms with van der Waals surface area (Å²) in [5.74, 6) is 0. The van der Waals surface area contributed by atoms with Crippen LogP contribution in [-0.4, -0.2) is 14.0 Å². The SMILES string of the molecule is O=c1cc2sccn2c(=O)n1Cc1ccncc1. The predicted molar refractivity (Wildman–Crippen MR) is 69.1 cm³/mol. The molecular weight excluding hydrogens is 250 g/mol. The zero-order valence-corrected chi connectivity index (χ0v) is 10.1. The summed E-state index contributed by atoms with van der Waals surface area (Å²) in [6.07, 6.45) is 4.95. The van der Waals surface area contributed by atoms with Crippen LogP contribution in [0.3, 0.4) is 0 Å². The summed E-state index contributed by atoms with van der Waals surface area (Å²) < 4.78 is 2.70. The number of hydrogen-bond donors (Lipinski definition) is 0. The molecule has 0 aliphatic carbocycles. The van der Waals surface area contributed by atoms with Gasteiger partial charge in [0.15, 0.2) is 0 Å². The molecule has 0 spiro atoms. The van der Waals surface area contributed by atoms with Gasteiger partial charge < -0.3 is 0 Å². The highest BCUT2D eigenvalue weighted by Crippen LogP contribution is 2.06. The fourth-order valence-electron chi connectivity index (χ4n) is 1.78. The van der Waals surface area contributed by atoms with Crippen molar-refractivity contribution < 1.29 is 0 Å². The lowest BCUT2D eigenvalue weighted by Gasteiger charge is -2.04. The third-order valence-corrected chi connectivity index (χ3v) is 3.49. The molecule has 3 aromatic rings. The van der Waals surface area contributed by atoms with Crippen LogP contribution in [0.1, 0.15) is 5.56 Å². The average molecular weight is 259 g/mol. The molecule has 5 nitrogen and oxygen atoms in total. The summed E-state index contributed by atoms with van der Waals surface area (Å²) in [6.45, 7) is 0.263. The maximum Gasteiger partial charge on any atom is 0.336 e. The standard InChI is InChI=1S/C12H9N3O2S/c16-10-7-11-14(5-6-18-11)12(17)15(10)8-9-1-3-13-4-2-9/h1-7H,8H2. The minimum atomic E-state index is -0.310. The fraction of sp³-hybridized carbons (Fsp3) is 0.0833. The smallest absolute Gasteiger partial charge is 0.269 e. The van der Waals surface area contributed by atoms with Crippen molar-refractivity contribution in [1.29, 1.82) is 0 Å². The Hall–Kier alpha value is -2.21. The van der Waals surface area contributed by atoms with Crippen LogP contribution in [0, 0.1) is 0 Å². The van der Waals surface area contributed by atoms with Gasteiger partial charge >= 0.3 is 5.69 Å². The zero-order chi connectivity index (χ0) is 12.5. The van der Waals surface area contributed by atoms with Gasteiger partial charge in [-0.15, -0.1) is 11.3 Å². The lowest BCUT2D eigenvalue weighted by Crippen LogP contribution is -2.36. The van der Waals surface area contributed by atoms with E-state index in [9.17, 15) is 9.59 Å². The third-order valence-electron chi connectivity index (χ3n) is 2.68. The minimum absolute atomic E-state index is 0.263. The van der Waals surface area contributed by atoms with E-state index in [0.717, 1.165) is 5.56 Å². The van der Waals surface area contributed by atoms with Gasteiger partial charge in [-0.3, -0.25) is 18.7 Å². The van der Waals surface area contributed by atoms with E-state index in [1.54, 1.807) is 36.1 Å². The second kappa shape index (κ2) is 4.23. The monoisotopic (exact) mass is 259 g/mol. The van der Waals surface area contributed by atoms with Crippen LogP contribution in [0.15, 0.2) is 51.8 Å². The highest BCUT2D eigenvalue weighted by Gasteiger charge is 2.07. The maximum absolute atomic E-state index is 12.1. The molecule has 0 bridgehead atoms. The molecule has 0 aliphatic rings. The molecule has 0 fully saturated rings. The second-order valence-electron chi connectivity index (χ2n) is 3.82. The highest BCUT2D eigenvalue weighted by molar-refractivity contribution is 7.15. The van der Waals surface area contributed by atoms with Gasteiger partial charge in [-0.05, 0) is 17.7 Å². The minimum Gasteiger partial charge on any atom is -0.269 e. The Labute approximate surface area is 106 Å². The van der Waals surface area contributed by atoms with Crippen molar-refractivity contribution in [3.63, 3.8) is 0 Å². The van der Waals surface area contributed by atoms with E-state index < -0.39 is 0 Å². The zero-order valence-electron chi connectivity index (χ0n) is 9.31. The molecule has 0 saturated carbocycles. The van der Waals surface area contributed by atoms with Gasteiger partial charge in [0.2, 0.25) is 0 Å². The van der Waals surface area contributed by atoms with Crippen molar-refractivity contribution in [2.24, 2.45) is 0 Å². The molecular formula is C12H9N3O2S. The molecule has 18 heavy (non-hydrogen) atoms. The van der Waals surface area contributed by atoms with Crippen molar-refractivity contribution >= 4 is 16.2 Å². The van der Waals surface area contributed by atoms with E-state index in [4.69, 9.17) is 0 Å². The summed E-state index contributed by atoms with van der Waals surface area (Å²) in [7, 11) is 0. The molecule has 3 rings (SSSR count). The van der Waals surface area contributed by atoms with Crippen molar-refractivity contribution in [2.45, 2.75) is 6.54 Å². The molecule has 0 aromatic carbocycles. The summed E-state index contributed by atoms with van der Waals surface area (Å²) >= 11 is 1.37. The van der Waals surface area contributed by atoms with Crippen LogP contribution >= 0.6 is 11.3 Å². The number of nitrogens with zero attached hydrogens (tertiary/aromatic N) is 3. The Morgan fingerprint density at radius 1 is 1.22 bits per heavy atom. The van der Waals surface area contributed by atoms with Gasteiger partial charge in [0.1, 0.15) is 4.83 Å². The molecule has 90 valence electrons. The maximum atomic E-state index is 12.1. The van der Waals surface area contributed by atoms with Gasteiger partial charge in [-0.25, -0.2) is 4.79 Å². The number of fused-ring (bicyclic) bond motifs is 1. The number of rotatable bonds is 2. The van der Waals surface area contributed by atoms with E-state index in [-0.39, 0.29) is 17.8 Å². The van der Waals surface area contributed by atoms with Crippen LogP contribution in [0.5, 0.6) is 0 Å². The summed E-state index contributed by atoms with van der Waals surface area (Å²) in [5, 5.41) is 1.78. The van der Waals surface area contributed by atoms with E-state index in [2.05, 4.69) is 4.98 Å². The largest absolute Gasteiger partial charge is 0.336 e. The van der Waals surface area contributed by atoms with E-state index >= 15 is 0 Å². The summed E-state index contributed by atoms with van der Waals surface area (Å²) in [6, 6.07) is 5.05.